The fourth-order valence-corrected chi connectivity index (χ4v) is 3.86. The topological polar surface area (TPSA) is 49.2 Å². The van der Waals surface area contributed by atoms with Gasteiger partial charge < -0.3 is 10.0 Å². The van der Waals surface area contributed by atoms with E-state index in [-0.39, 0.29) is 6.61 Å². The van der Waals surface area contributed by atoms with Crippen LogP contribution in [0.15, 0.2) is 54.9 Å². The standard InChI is InChI=1S/C21H23N3O/c25-14-11-16-7-4-6-13-24(16)21-18-9-2-1-8-17(18)19(15-23-21)20-10-3-5-12-22-20/h1-3,5,8-10,12,15-16,25H,4,6-7,11,13-14H2. The van der Waals surface area contributed by atoms with E-state index in [9.17, 15) is 5.11 Å². The van der Waals surface area contributed by atoms with Crippen LogP contribution in [0.2, 0.25) is 0 Å². The third-order valence-corrected chi connectivity index (χ3v) is 5.08. The Kier molecular flexibility index (Phi) is 4.61. The third kappa shape index (κ3) is 3.10. The van der Waals surface area contributed by atoms with Crippen molar-refractivity contribution in [2.75, 3.05) is 18.1 Å². The second-order valence-electron chi connectivity index (χ2n) is 6.61. The van der Waals surface area contributed by atoms with Gasteiger partial charge in [-0.05, 0) is 43.2 Å². The Labute approximate surface area is 148 Å². The fraction of sp³-hybridized carbons (Fsp3) is 0.333. The van der Waals surface area contributed by atoms with Crippen LogP contribution < -0.4 is 4.90 Å². The number of aliphatic hydroxyl groups is 1. The monoisotopic (exact) mass is 333 g/mol. The van der Waals surface area contributed by atoms with Gasteiger partial charge in [0.1, 0.15) is 5.82 Å². The Morgan fingerprint density at radius 2 is 1.84 bits per heavy atom. The number of nitrogens with zero attached hydrogens (tertiary/aromatic N) is 3. The van der Waals surface area contributed by atoms with Crippen LogP contribution in [0.1, 0.15) is 25.7 Å². The van der Waals surface area contributed by atoms with Crippen molar-refractivity contribution >= 4 is 16.6 Å². The second-order valence-corrected chi connectivity index (χ2v) is 6.61. The molecule has 25 heavy (non-hydrogen) atoms. The van der Waals surface area contributed by atoms with Crippen molar-refractivity contribution in [3.8, 4) is 11.3 Å². The van der Waals surface area contributed by atoms with E-state index >= 15 is 0 Å². The molecule has 128 valence electrons. The number of pyridine rings is 2. The molecule has 4 heteroatoms. The lowest BCUT2D eigenvalue weighted by Crippen LogP contribution is -2.40. The maximum absolute atomic E-state index is 9.43. The molecule has 3 heterocycles. The number of hydrogen-bond donors (Lipinski definition) is 1. The Balaban J connectivity index is 1.84. The molecule has 3 aromatic rings. The van der Waals surface area contributed by atoms with Crippen LogP contribution in [0, 0.1) is 0 Å². The van der Waals surface area contributed by atoms with Crippen LogP contribution >= 0.6 is 0 Å². The smallest absolute Gasteiger partial charge is 0.136 e. The number of hydrogen-bond acceptors (Lipinski definition) is 4. The maximum atomic E-state index is 9.43. The molecule has 1 aliphatic rings. The van der Waals surface area contributed by atoms with Gasteiger partial charge in [0.25, 0.3) is 0 Å². The minimum Gasteiger partial charge on any atom is -0.396 e. The molecule has 1 unspecified atom stereocenters. The molecular formula is C21H23N3O. The Morgan fingerprint density at radius 1 is 1.00 bits per heavy atom. The summed E-state index contributed by atoms with van der Waals surface area (Å²) in [5.74, 6) is 1.04. The molecule has 1 N–H and O–H groups in total. The lowest BCUT2D eigenvalue weighted by molar-refractivity contribution is 0.262. The predicted molar refractivity (Wildman–Crippen MR) is 102 cm³/mol. The largest absolute Gasteiger partial charge is 0.396 e. The summed E-state index contributed by atoms with van der Waals surface area (Å²) in [4.78, 5) is 11.7. The lowest BCUT2D eigenvalue weighted by atomic mass is 9.97. The van der Waals surface area contributed by atoms with Gasteiger partial charge in [0.2, 0.25) is 0 Å². The van der Waals surface area contributed by atoms with Crippen LogP contribution in [-0.4, -0.2) is 34.3 Å². The number of rotatable bonds is 4. The van der Waals surface area contributed by atoms with Gasteiger partial charge in [-0.2, -0.15) is 0 Å². The molecule has 1 saturated heterocycles. The van der Waals surface area contributed by atoms with Crippen LogP contribution in [0.3, 0.4) is 0 Å². The molecule has 2 aromatic heterocycles. The summed E-state index contributed by atoms with van der Waals surface area (Å²) in [5.41, 5.74) is 2.01. The van der Waals surface area contributed by atoms with Crippen LogP contribution in [0.25, 0.3) is 22.0 Å². The molecule has 4 nitrogen and oxygen atoms in total. The Morgan fingerprint density at radius 3 is 2.64 bits per heavy atom. The SMILES string of the molecule is OCCC1CCCCN1c1ncc(-c2ccccn2)c2ccccc12. The van der Waals surface area contributed by atoms with E-state index in [1.807, 2.05) is 30.6 Å². The van der Waals surface area contributed by atoms with E-state index in [1.165, 1.54) is 18.2 Å². The first-order chi connectivity index (χ1) is 12.4. The molecule has 0 saturated carbocycles. The quantitative estimate of drug-likeness (QED) is 0.783. The number of benzene rings is 1. The van der Waals surface area contributed by atoms with Gasteiger partial charge in [-0.25, -0.2) is 4.98 Å². The molecule has 0 amide bonds. The summed E-state index contributed by atoms with van der Waals surface area (Å²) in [6.45, 7) is 1.23. The van der Waals surface area contributed by atoms with Crippen molar-refractivity contribution in [3.63, 3.8) is 0 Å². The van der Waals surface area contributed by atoms with Gasteiger partial charge >= 0.3 is 0 Å². The van der Waals surface area contributed by atoms with Crippen molar-refractivity contribution in [1.82, 2.24) is 9.97 Å². The maximum Gasteiger partial charge on any atom is 0.136 e. The summed E-state index contributed by atoms with van der Waals surface area (Å²) in [6.07, 6.45) is 8.10. The molecule has 0 bridgehead atoms. The number of aromatic nitrogens is 2. The van der Waals surface area contributed by atoms with Crippen molar-refractivity contribution < 1.29 is 5.11 Å². The Bertz CT molecular complexity index is 848. The van der Waals surface area contributed by atoms with Crippen LogP contribution in [-0.2, 0) is 0 Å². The van der Waals surface area contributed by atoms with E-state index in [1.54, 1.807) is 0 Å². The lowest BCUT2D eigenvalue weighted by Gasteiger charge is -2.37. The average Bonchev–Trinajstić information content (AvgIpc) is 2.69. The summed E-state index contributed by atoms with van der Waals surface area (Å²) in [7, 11) is 0. The average molecular weight is 333 g/mol. The van der Waals surface area contributed by atoms with Gasteiger partial charge in [-0.15, -0.1) is 0 Å². The highest BCUT2D eigenvalue weighted by atomic mass is 16.3. The van der Waals surface area contributed by atoms with Gasteiger partial charge in [0, 0.05) is 42.5 Å². The van der Waals surface area contributed by atoms with Crippen molar-refractivity contribution in [1.29, 1.82) is 0 Å². The number of anilines is 1. The molecule has 0 radical (unpaired) electrons. The number of piperidine rings is 1. The third-order valence-electron chi connectivity index (χ3n) is 5.08. The molecule has 0 spiro atoms. The van der Waals surface area contributed by atoms with Gasteiger partial charge in [0.05, 0.1) is 5.69 Å². The second kappa shape index (κ2) is 7.19. The number of aliphatic hydroxyl groups excluding tert-OH is 1. The zero-order valence-corrected chi connectivity index (χ0v) is 14.3. The van der Waals surface area contributed by atoms with E-state index in [0.29, 0.717) is 6.04 Å². The minimum absolute atomic E-state index is 0.227. The highest BCUT2D eigenvalue weighted by Gasteiger charge is 2.25. The first kappa shape index (κ1) is 16.0. The van der Waals surface area contributed by atoms with E-state index in [2.05, 4.69) is 34.1 Å². The normalized spacial score (nSPS) is 17.8. The molecule has 4 rings (SSSR count). The summed E-state index contributed by atoms with van der Waals surface area (Å²) < 4.78 is 0. The molecule has 1 aromatic carbocycles. The first-order valence-electron chi connectivity index (χ1n) is 9.05. The highest BCUT2D eigenvalue weighted by Crippen LogP contribution is 2.35. The van der Waals surface area contributed by atoms with E-state index < -0.39 is 0 Å². The van der Waals surface area contributed by atoms with Crippen LogP contribution in [0.5, 0.6) is 0 Å². The highest BCUT2D eigenvalue weighted by molar-refractivity contribution is 6.01. The first-order valence-corrected chi connectivity index (χ1v) is 9.05. The van der Waals surface area contributed by atoms with Crippen molar-refractivity contribution in [3.05, 3.63) is 54.9 Å². The van der Waals surface area contributed by atoms with E-state index in [4.69, 9.17) is 4.98 Å². The van der Waals surface area contributed by atoms with Gasteiger partial charge in [-0.1, -0.05) is 30.3 Å². The zero-order valence-electron chi connectivity index (χ0n) is 14.3. The predicted octanol–water partition coefficient (Wildman–Crippen LogP) is 4.04. The molecule has 0 aliphatic carbocycles. The number of fused-ring (bicyclic) bond motifs is 1. The summed E-state index contributed by atoms with van der Waals surface area (Å²) in [6, 6.07) is 14.8. The zero-order chi connectivity index (χ0) is 17.1. The molecule has 1 atom stereocenters. The molecular weight excluding hydrogens is 310 g/mol. The van der Waals surface area contributed by atoms with E-state index in [0.717, 1.165) is 41.8 Å². The minimum atomic E-state index is 0.227. The van der Waals surface area contributed by atoms with Crippen molar-refractivity contribution in [2.45, 2.75) is 31.7 Å². The van der Waals surface area contributed by atoms with Crippen LogP contribution in [0.4, 0.5) is 5.82 Å². The summed E-state index contributed by atoms with van der Waals surface area (Å²) >= 11 is 0. The Hall–Kier alpha value is -2.46. The van der Waals surface area contributed by atoms with Crippen molar-refractivity contribution in [2.24, 2.45) is 0 Å². The summed E-state index contributed by atoms with van der Waals surface area (Å²) in [5, 5.41) is 11.8. The molecule has 1 aliphatic heterocycles. The fourth-order valence-electron chi connectivity index (χ4n) is 3.86. The van der Waals surface area contributed by atoms with Gasteiger partial charge in [0.15, 0.2) is 0 Å². The molecule has 1 fully saturated rings. The van der Waals surface area contributed by atoms with Gasteiger partial charge in [-0.3, -0.25) is 4.98 Å².